The maximum absolute atomic E-state index is 11.5. The van der Waals surface area contributed by atoms with Crippen molar-refractivity contribution in [3.8, 4) is 5.75 Å². The molecule has 0 unspecified atom stereocenters. The molecule has 0 amide bonds. The Bertz CT molecular complexity index is 1100. The number of fused-ring (bicyclic) bond motifs is 2. The average molecular weight is 405 g/mol. The van der Waals surface area contributed by atoms with Gasteiger partial charge in [-0.2, -0.15) is 0 Å². The van der Waals surface area contributed by atoms with Gasteiger partial charge in [-0.25, -0.2) is 4.79 Å². The summed E-state index contributed by atoms with van der Waals surface area (Å²) in [6, 6.07) is 6.72. The van der Waals surface area contributed by atoms with Gasteiger partial charge in [0.2, 0.25) is 0 Å². The maximum atomic E-state index is 11.5. The highest BCUT2D eigenvalue weighted by atomic mass is 32.2. The summed E-state index contributed by atoms with van der Waals surface area (Å²) in [6.07, 6.45) is 3.53. The molecule has 0 saturated carbocycles. The predicted molar refractivity (Wildman–Crippen MR) is 109 cm³/mol. The molecular weight excluding hydrogens is 384 g/mol. The van der Waals surface area contributed by atoms with E-state index in [2.05, 4.69) is 10.2 Å². The highest BCUT2D eigenvalue weighted by molar-refractivity contribution is 8.01. The molecular formula is C19H20N2O4S2. The SMILES string of the molecule is C.Cc1nnc(SCCCCOc2c3ccoc3cc3oc(=O)ccc23)s1. The van der Waals surface area contributed by atoms with Crippen molar-refractivity contribution in [2.75, 3.05) is 12.4 Å². The Hall–Kier alpha value is -2.32. The number of unbranched alkanes of at least 4 members (excludes halogenated alkanes) is 1. The fourth-order valence-corrected chi connectivity index (χ4v) is 4.53. The number of aryl methyl sites for hydroxylation is 1. The Morgan fingerprint density at radius 1 is 1.15 bits per heavy atom. The molecule has 0 atom stereocenters. The number of aromatic nitrogens is 2. The van der Waals surface area contributed by atoms with Crippen LogP contribution in [-0.2, 0) is 0 Å². The molecule has 0 aliphatic rings. The second-order valence-electron chi connectivity index (χ2n) is 5.70. The maximum Gasteiger partial charge on any atom is 0.336 e. The van der Waals surface area contributed by atoms with Gasteiger partial charge >= 0.3 is 5.63 Å². The smallest absolute Gasteiger partial charge is 0.336 e. The number of furan rings is 1. The highest BCUT2D eigenvalue weighted by Gasteiger charge is 2.13. The van der Waals surface area contributed by atoms with E-state index in [1.807, 2.05) is 13.0 Å². The largest absolute Gasteiger partial charge is 0.492 e. The van der Waals surface area contributed by atoms with Gasteiger partial charge in [0.05, 0.1) is 23.6 Å². The lowest BCUT2D eigenvalue weighted by Crippen LogP contribution is -2.01. The van der Waals surface area contributed by atoms with Crippen LogP contribution < -0.4 is 10.4 Å². The molecule has 0 aliphatic carbocycles. The summed E-state index contributed by atoms with van der Waals surface area (Å²) < 4.78 is 17.7. The molecule has 1 aromatic carbocycles. The van der Waals surface area contributed by atoms with E-state index in [1.165, 1.54) is 6.07 Å². The molecule has 0 bridgehead atoms. The monoisotopic (exact) mass is 404 g/mol. The van der Waals surface area contributed by atoms with Crippen molar-refractivity contribution in [2.45, 2.75) is 31.5 Å². The fraction of sp³-hybridized carbons (Fsp3) is 0.316. The number of hydrogen-bond acceptors (Lipinski definition) is 8. The van der Waals surface area contributed by atoms with E-state index in [-0.39, 0.29) is 7.43 Å². The first-order valence-electron chi connectivity index (χ1n) is 8.20. The van der Waals surface area contributed by atoms with Gasteiger partial charge in [-0.1, -0.05) is 30.5 Å². The van der Waals surface area contributed by atoms with Crippen LogP contribution in [0.4, 0.5) is 0 Å². The molecule has 0 aliphatic heterocycles. The minimum Gasteiger partial charge on any atom is -0.492 e. The Morgan fingerprint density at radius 2 is 2.00 bits per heavy atom. The van der Waals surface area contributed by atoms with Gasteiger partial charge in [-0.3, -0.25) is 0 Å². The van der Waals surface area contributed by atoms with Crippen LogP contribution in [0.2, 0.25) is 0 Å². The van der Waals surface area contributed by atoms with Crippen LogP contribution in [0.3, 0.4) is 0 Å². The fourth-order valence-electron chi connectivity index (χ4n) is 2.64. The molecule has 4 rings (SSSR count). The Labute approximate surface area is 164 Å². The summed E-state index contributed by atoms with van der Waals surface area (Å²) in [5, 5.41) is 10.8. The third-order valence-corrected chi connectivity index (χ3v) is 5.89. The van der Waals surface area contributed by atoms with Gasteiger partial charge in [-0.15, -0.1) is 10.2 Å². The van der Waals surface area contributed by atoms with E-state index in [1.54, 1.807) is 41.5 Å². The summed E-state index contributed by atoms with van der Waals surface area (Å²) in [7, 11) is 0. The van der Waals surface area contributed by atoms with E-state index < -0.39 is 5.63 Å². The van der Waals surface area contributed by atoms with E-state index >= 15 is 0 Å². The summed E-state index contributed by atoms with van der Waals surface area (Å²) in [5.74, 6) is 1.67. The van der Waals surface area contributed by atoms with Gasteiger partial charge in [-0.05, 0) is 31.9 Å². The second-order valence-corrected chi connectivity index (χ2v) is 8.22. The third-order valence-electron chi connectivity index (χ3n) is 3.83. The van der Waals surface area contributed by atoms with E-state index in [0.717, 1.165) is 38.7 Å². The topological polar surface area (TPSA) is 78.4 Å². The van der Waals surface area contributed by atoms with Gasteiger partial charge in [0.1, 0.15) is 21.9 Å². The number of hydrogen-bond donors (Lipinski definition) is 0. The number of thioether (sulfide) groups is 1. The van der Waals surface area contributed by atoms with Gasteiger partial charge in [0, 0.05) is 17.9 Å². The number of rotatable bonds is 7. The third kappa shape index (κ3) is 4.33. The van der Waals surface area contributed by atoms with Crippen LogP contribution in [0.25, 0.3) is 21.9 Å². The lowest BCUT2D eigenvalue weighted by molar-refractivity contribution is 0.316. The normalized spacial score (nSPS) is 11.0. The van der Waals surface area contributed by atoms with Gasteiger partial charge < -0.3 is 13.6 Å². The number of nitrogens with zero attached hydrogens (tertiary/aromatic N) is 2. The second kappa shape index (κ2) is 8.58. The van der Waals surface area contributed by atoms with Crippen molar-refractivity contribution in [3.63, 3.8) is 0 Å². The first-order valence-corrected chi connectivity index (χ1v) is 10.0. The zero-order valence-electron chi connectivity index (χ0n) is 14.1. The standard InChI is InChI=1S/C18H16N2O4S2.CH4/c1-11-19-20-18(26-11)25-9-3-2-7-23-17-12-4-5-16(21)24-15(12)10-14-13(17)6-8-22-14;/h4-6,8,10H,2-3,7,9H2,1H3;1H4. The van der Waals surface area contributed by atoms with Crippen LogP contribution in [0.1, 0.15) is 25.3 Å². The Balaban J connectivity index is 0.00000210. The van der Waals surface area contributed by atoms with Gasteiger partial charge in [0.25, 0.3) is 0 Å². The highest BCUT2D eigenvalue weighted by Crippen LogP contribution is 2.35. The van der Waals surface area contributed by atoms with E-state index in [4.69, 9.17) is 13.6 Å². The van der Waals surface area contributed by atoms with E-state index in [0.29, 0.717) is 23.5 Å². The van der Waals surface area contributed by atoms with Crippen LogP contribution in [0.15, 0.2) is 48.5 Å². The average Bonchev–Trinajstić information content (AvgIpc) is 3.25. The number of ether oxygens (including phenoxy) is 1. The molecule has 0 radical (unpaired) electrons. The lowest BCUT2D eigenvalue weighted by atomic mass is 10.1. The van der Waals surface area contributed by atoms with Crippen molar-refractivity contribution in [3.05, 3.63) is 46.0 Å². The van der Waals surface area contributed by atoms with Crippen molar-refractivity contribution >= 4 is 45.0 Å². The van der Waals surface area contributed by atoms with Crippen LogP contribution >= 0.6 is 23.1 Å². The zero-order chi connectivity index (χ0) is 17.9. The molecule has 3 aromatic heterocycles. The summed E-state index contributed by atoms with van der Waals surface area (Å²) in [5.41, 5.74) is 0.722. The molecule has 0 fully saturated rings. The molecule has 0 N–H and O–H groups in total. The zero-order valence-corrected chi connectivity index (χ0v) is 15.7. The van der Waals surface area contributed by atoms with Crippen LogP contribution in [-0.4, -0.2) is 22.6 Å². The molecule has 0 saturated heterocycles. The molecule has 142 valence electrons. The molecule has 6 nitrogen and oxygen atoms in total. The van der Waals surface area contributed by atoms with Crippen LogP contribution in [0.5, 0.6) is 5.75 Å². The molecule has 27 heavy (non-hydrogen) atoms. The van der Waals surface area contributed by atoms with Crippen molar-refractivity contribution in [2.24, 2.45) is 0 Å². The van der Waals surface area contributed by atoms with Crippen molar-refractivity contribution < 1.29 is 13.6 Å². The molecule has 4 aromatic rings. The summed E-state index contributed by atoms with van der Waals surface area (Å²) in [6.45, 7) is 2.53. The van der Waals surface area contributed by atoms with Crippen LogP contribution in [0, 0.1) is 6.92 Å². The predicted octanol–water partition coefficient (Wildman–Crippen LogP) is 5.29. The molecule has 0 spiro atoms. The molecule has 3 heterocycles. The van der Waals surface area contributed by atoms with Gasteiger partial charge in [0.15, 0.2) is 4.34 Å². The van der Waals surface area contributed by atoms with E-state index in [9.17, 15) is 4.79 Å². The Kier molecular flexibility index (Phi) is 6.18. The number of benzene rings is 1. The summed E-state index contributed by atoms with van der Waals surface area (Å²) >= 11 is 3.34. The van der Waals surface area contributed by atoms with Crippen molar-refractivity contribution in [1.29, 1.82) is 0 Å². The lowest BCUT2D eigenvalue weighted by Gasteiger charge is -2.09. The first-order chi connectivity index (χ1) is 12.7. The summed E-state index contributed by atoms with van der Waals surface area (Å²) in [4.78, 5) is 11.5. The Morgan fingerprint density at radius 3 is 2.81 bits per heavy atom. The molecule has 8 heteroatoms. The minimum atomic E-state index is -0.390. The first kappa shape index (κ1) is 19.4. The quantitative estimate of drug-likeness (QED) is 0.235. The van der Waals surface area contributed by atoms with Crippen molar-refractivity contribution in [1.82, 2.24) is 10.2 Å². The minimum absolute atomic E-state index is 0.